The summed E-state index contributed by atoms with van der Waals surface area (Å²) in [4.78, 5) is 3.89. The quantitative estimate of drug-likeness (QED) is 0.752. The largest absolute Gasteiger partial charge is 0.380 e. The van der Waals surface area contributed by atoms with Crippen LogP contribution in [0, 0.1) is 11.6 Å². The van der Waals surface area contributed by atoms with E-state index in [1.54, 1.807) is 30.3 Å². The van der Waals surface area contributed by atoms with Gasteiger partial charge in [-0.25, -0.2) is 17.2 Å². The third kappa shape index (κ3) is 4.11. The predicted octanol–water partition coefficient (Wildman–Crippen LogP) is 3.67. The molecule has 0 aliphatic carbocycles. The zero-order valence-electron chi connectivity index (χ0n) is 13.5. The van der Waals surface area contributed by atoms with E-state index in [0.717, 1.165) is 17.7 Å². The Bertz CT molecular complexity index is 1020. The van der Waals surface area contributed by atoms with Gasteiger partial charge in [-0.05, 0) is 29.3 Å². The van der Waals surface area contributed by atoms with Gasteiger partial charge >= 0.3 is 0 Å². The van der Waals surface area contributed by atoms with E-state index in [9.17, 15) is 17.2 Å². The van der Waals surface area contributed by atoms with Gasteiger partial charge in [0, 0.05) is 24.7 Å². The maximum Gasteiger partial charge on any atom is 0.151 e. The molecule has 1 N–H and O–H groups in total. The lowest BCUT2D eigenvalue weighted by Crippen LogP contribution is -2.03. The second-order valence-corrected chi connectivity index (χ2v) is 7.99. The zero-order valence-corrected chi connectivity index (χ0v) is 14.3. The normalized spacial score (nSPS) is 11.6. The highest BCUT2D eigenvalue weighted by atomic mass is 32.2. The first-order valence-corrected chi connectivity index (χ1v) is 9.62. The number of rotatable bonds is 5. The fourth-order valence-electron chi connectivity index (χ4n) is 2.59. The van der Waals surface area contributed by atoms with Crippen molar-refractivity contribution in [3.63, 3.8) is 0 Å². The number of pyridine rings is 1. The number of anilines is 1. The first-order chi connectivity index (χ1) is 11.8. The van der Waals surface area contributed by atoms with Crippen LogP contribution in [0.25, 0.3) is 10.9 Å². The number of hydrogen-bond acceptors (Lipinski definition) is 4. The molecule has 4 nitrogen and oxygen atoms in total. The summed E-state index contributed by atoms with van der Waals surface area (Å²) in [6.07, 6.45) is 2.60. The number of aromatic nitrogens is 1. The lowest BCUT2D eigenvalue weighted by atomic mass is 10.1. The van der Waals surface area contributed by atoms with Crippen molar-refractivity contribution in [2.75, 3.05) is 11.6 Å². The van der Waals surface area contributed by atoms with E-state index >= 15 is 0 Å². The number of sulfone groups is 1. The van der Waals surface area contributed by atoms with Gasteiger partial charge in [0.2, 0.25) is 0 Å². The molecule has 1 aromatic heterocycles. The lowest BCUT2D eigenvalue weighted by molar-refractivity contribution is 0.601. The Kier molecular flexibility index (Phi) is 4.67. The van der Waals surface area contributed by atoms with Gasteiger partial charge in [-0.2, -0.15) is 0 Å². The van der Waals surface area contributed by atoms with Crippen molar-refractivity contribution in [1.82, 2.24) is 4.98 Å². The van der Waals surface area contributed by atoms with E-state index in [1.807, 2.05) is 0 Å². The smallest absolute Gasteiger partial charge is 0.151 e. The summed E-state index contributed by atoms with van der Waals surface area (Å²) in [6.45, 7) is 0.383. The van der Waals surface area contributed by atoms with E-state index in [2.05, 4.69) is 10.3 Å². The molecule has 0 saturated heterocycles. The molecule has 0 spiro atoms. The molecule has 1 heterocycles. The average molecular weight is 362 g/mol. The van der Waals surface area contributed by atoms with Crippen LogP contribution >= 0.6 is 0 Å². The summed E-state index contributed by atoms with van der Waals surface area (Å²) < 4.78 is 50.4. The van der Waals surface area contributed by atoms with Crippen LogP contribution in [0.3, 0.4) is 0 Å². The molecule has 0 amide bonds. The van der Waals surface area contributed by atoms with Crippen molar-refractivity contribution >= 4 is 26.4 Å². The van der Waals surface area contributed by atoms with Crippen LogP contribution in [0.1, 0.15) is 11.1 Å². The van der Waals surface area contributed by atoms with Crippen LogP contribution in [0.4, 0.5) is 14.5 Å². The minimum absolute atomic E-state index is 0.0137. The third-order valence-corrected chi connectivity index (χ3v) is 4.58. The third-order valence-electron chi connectivity index (χ3n) is 3.73. The first kappa shape index (κ1) is 17.3. The molecule has 0 atom stereocenters. The monoisotopic (exact) mass is 362 g/mol. The van der Waals surface area contributed by atoms with Crippen LogP contribution in [-0.4, -0.2) is 19.7 Å². The fourth-order valence-corrected chi connectivity index (χ4v) is 3.39. The maximum atomic E-state index is 14.1. The molecule has 0 aliphatic heterocycles. The lowest BCUT2D eigenvalue weighted by Gasteiger charge is -2.11. The van der Waals surface area contributed by atoms with Gasteiger partial charge in [-0.15, -0.1) is 0 Å². The SMILES string of the molecule is CS(=O)(=O)Cc1ccc(CNc2ccnc3c(F)ccc(F)c23)cc1. The van der Waals surface area contributed by atoms with Gasteiger partial charge < -0.3 is 5.32 Å². The fraction of sp³-hybridized carbons (Fsp3) is 0.167. The molecule has 0 unspecified atom stereocenters. The number of nitrogens with one attached hydrogen (secondary N) is 1. The van der Waals surface area contributed by atoms with Crippen LogP contribution < -0.4 is 5.32 Å². The molecule has 0 fully saturated rings. The minimum Gasteiger partial charge on any atom is -0.380 e. The topological polar surface area (TPSA) is 59.1 Å². The standard InChI is InChI=1S/C18H16F2N2O2S/c1-25(23,24)11-13-4-2-12(3-5-13)10-22-16-8-9-21-18-15(20)7-6-14(19)17(16)18/h2-9H,10-11H2,1H3,(H,21,22). The van der Waals surface area contributed by atoms with Crippen LogP contribution in [0.2, 0.25) is 0 Å². The number of benzene rings is 2. The molecule has 0 bridgehead atoms. The molecular formula is C18H16F2N2O2S. The van der Waals surface area contributed by atoms with Crippen LogP contribution in [0.15, 0.2) is 48.7 Å². The maximum absolute atomic E-state index is 14.1. The molecule has 7 heteroatoms. The first-order valence-electron chi connectivity index (χ1n) is 7.55. The Morgan fingerprint density at radius 2 is 1.60 bits per heavy atom. The minimum atomic E-state index is -3.08. The van der Waals surface area contributed by atoms with Crippen molar-refractivity contribution in [1.29, 1.82) is 0 Å². The second-order valence-electron chi connectivity index (χ2n) is 5.85. The van der Waals surface area contributed by atoms with E-state index < -0.39 is 21.5 Å². The van der Waals surface area contributed by atoms with E-state index in [-0.39, 0.29) is 16.7 Å². The highest BCUT2D eigenvalue weighted by Gasteiger charge is 2.11. The molecule has 2 aromatic carbocycles. The highest BCUT2D eigenvalue weighted by molar-refractivity contribution is 7.89. The van der Waals surface area contributed by atoms with E-state index in [4.69, 9.17) is 0 Å². The van der Waals surface area contributed by atoms with E-state index in [1.165, 1.54) is 12.5 Å². The summed E-state index contributed by atoms with van der Waals surface area (Å²) in [7, 11) is -3.08. The summed E-state index contributed by atoms with van der Waals surface area (Å²) in [5.41, 5.74) is 2.02. The predicted molar refractivity (Wildman–Crippen MR) is 94.0 cm³/mol. The van der Waals surface area contributed by atoms with Crippen molar-refractivity contribution in [2.24, 2.45) is 0 Å². The zero-order chi connectivity index (χ0) is 18.0. The van der Waals surface area contributed by atoms with Crippen LogP contribution in [-0.2, 0) is 22.1 Å². The molecule has 130 valence electrons. The Morgan fingerprint density at radius 1 is 0.960 bits per heavy atom. The van der Waals surface area contributed by atoms with Gasteiger partial charge in [-0.3, -0.25) is 4.98 Å². The average Bonchev–Trinajstić information content (AvgIpc) is 2.56. The van der Waals surface area contributed by atoms with Crippen molar-refractivity contribution in [3.05, 3.63) is 71.4 Å². The Morgan fingerprint density at radius 3 is 2.28 bits per heavy atom. The Labute approximate surface area is 144 Å². The summed E-state index contributed by atoms with van der Waals surface area (Å²) in [5, 5.41) is 3.18. The van der Waals surface area contributed by atoms with Crippen LogP contribution in [0.5, 0.6) is 0 Å². The van der Waals surface area contributed by atoms with Gasteiger partial charge in [0.05, 0.1) is 11.1 Å². The molecule has 0 radical (unpaired) electrons. The molecule has 0 aliphatic rings. The molecule has 3 rings (SSSR count). The van der Waals surface area contributed by atoms with Gasteiger partial charge in [0.1, 0.15) is 17.2 Å². The number of halogens is 2. The number of fused-ring (bicyclic) bond motifs is 1. The molecular weight excluding hydrogens is 346 g/mol. The highest BCUT2D eigenvalue weighted by Crippen LogP contribution is 2.27. The summed E-state index contributed by atoms with van der Waals surface area (Å²) >= 11 is 0. The summed E-state index contributed by atoms with van der Waals surface area (Å²) in [6, 6.07) is 10.8. The second kappa shape index (κ2) is 6.76. The molecule has 0 saturated carbocycles. The molecule has 3 aromatic rings. The van der Waals surface area contributed by atoms with Gasteiger partial charge in [0.15, 0.2) is 9.84 Å². The van der Waals surface area contributed by atoms with Gasteiger partial charge in [0.25, 0.3) is 0 Å². The van der Waals surface area contributed by atoms with Crippen molar-refractivity contribution in [3.8, 4) is 0 Å². The van der Waals surface area contributed by atoms with E-state index in [0.29, 0.717) is 17.8 Å². The number of nitrogens with zero attached hydrogens (tertiary/aromatic N) is 1. The Hall–Kier alpha value is -2.54. The van der Waals surface area contributed by atoms with Gasteiger partial charge in [-0.1, -0.05) is 24.3 Å². The Balaban J connectivity index is 1.80. The molecule has 25 heavy (non-hydrogen) atoms. The van der Waals surface area contributed by atoms with Crippen molar-refractivity contribution < 1.29 is 17.2 Å². The summed E-state index contributed by atoms with van der Waals surface area (Å²) in [5.74, 6) is -1.14. The number of hydrogen-bond donors (Lipinski definition) is 1. The van der Waals surface area contributed by atoms with Crippen molar-refractivity contribution in [2.45, 2.75) is 12.3 Å².